The minimum absolute atomic E-state index is 0.0341. The minimum Gasteiger partial charge on any atom is -0.447 e. The number of anilines is 1. The van der Waals surface area contributed by atoms with E-state index in [1.807, 2.05) is 12.1 Å². The number of carbonyl (C=O) groups excluding carboxylic acids is 2. The predicted molar refractivity (Wildman–Crippen MR) is 110 cm³/mol. The Kier molecular flexibility index (Phi) is 8.29. The number of pyridine rings is 1. The van der Waals surface area contributed by atoms with Crippen LogP contribution in [0.4, 0.5) is 15.0 Å². The Labute approximate surface area is 175 Å². The molecular formula is C22H25FN4O3. The maximum atomic E-state index is 13.6. The monoisotopic (exact) mass is 412 g/mol. The highest BCUT2D eigenvalue weighted by molar-refractivity contribution is 5.83. The molecule has 0 atom stereocenters. The van der Waals surface area contributed by atoms with Crippen LogP contribution >= 0.6 is 0 Å². The fraction of sp³-hybridized carbons (Fsp3) is 0.364. The molecule has 0 radical (unpaired) electrons. The van der Waals surface area contributed by atoms with Crippen LogP contribution in [0.25, 0.3) is 0 Å². The Balaban J connectivity index is 1.69. The maximum Gasteiger partial charge on any atom is 0.412 e. The van der Waals surface area contributed by atoms with Crippen molar-refractivity contribution >= 4 is 17.8 Å². The van der Waals surface area contributed by atoms with E-state index in [9.17, 15) is 14.0 Å². The van der Waals surface area contributed by atoms with E-state index in [4.69, 9.17) is 10.00 Å². The first kappa shape index (κ1) is 22.8. The van der Waals surface area contributed by atoms with Crippen LogP contribution in [-0.2, 0) is 16.0 Å². The number of nitriles is 1. The van der Waals surface area contributed by atoms with E-state index in [0.29, 0.717) is 36.0 Å². The molecule has 0 aliphatic carbocycles. The van der Waals surface area contributed by atoms with Crippen molar-refractivity contribution in [3.63, 3.8) is 0 Å². The van der Waals surface area contributed by atoms with Gasteiger partial charge >= 0.3 is 6.09 Å². The van der Waals surface area contributed by atoms with Crippen molar-refractivity contribution in [3.8, 4) is 6.07 Å². The van der Waals surface area contributed by atoms with Gasteiger partial charge in [-0.25, -0.2) is 14.2 Å². The summed E-state index contributed by atoms with van der Waals surface area (Å²) in [6.45, 7) is 3.76. The first-order valence-electron chi connectivity index (χ1n) is 9.60. The van der Waals surface area contributed by atoms with Gasteiger partial charge in [0.1, 0.15) is 24.3 Å². The standard InChI is InChI=1S/C22H25FN4O3/c1-15-12-20(25-14-18(15)13-24)26-22(29)30-11-10-27(3)21(28)9-5-7-17-6-4-8-19(23)16(17)2/h4,6,8,12,14H,5,7,9-11H2,1-3H3,(H,25,26,29). The van der Waals surface area contributed by atoms with E-state index in [1.165, 1.54) is 17.2 Å². The van der Waals surface area contributed by atoms with Gasteiger partial charge in [-0.05, 0) is 55.5 Å². The third kappa shape index (κ3) is 6.55. The average molecular weight is 412 g/mol. The molecule has 0 aliphatic heterocycles. The quantitative estimate of drug-likeness (QED) is 0.713. The molecule has 1 aromatic carbocycles. The molecule has 0 aliphatic rings. The number of nitrogens with one attached hydrogen (secondary N) is 1. The normalized spacial score (nSPS) is 10.2. The fourth-order valence-corrected chi connectivity index (χ4v) is 2.83. The van der Waals surface area contributed by atoms with Crippen molar-refractivity contribution in [2.75, 3.05) is 25.5 Å². The van der Waals surface area contributed by atoms with Crippen LogP contribution in [-0.4, -0.2) is 42.1 Å². The number of halogens is 1. The summed E-state index contributed by atoms with van der Waals surface area (Å²) >= 11 is 0. The predicted octanol–water partition coefficient (Wildman–Crippen LogP) is 3.74. The van der Waals surface area contributed by atoms with Crippen molar-refractivity contribution in [1.82, 2.24) is 9.88 Å². The molecular weight excluding hydrogens is 387 g/mol. The van der Waals surface area contributed by atoms with Crippen LogP contribution < -0.4 is 5.32 Å². The van der Waals surface area contributed by atoms with Crippen molar-refractivity contribution in [2.45, 2.75) is 33.1 Å². The Morgan fingerprint density at radius 3 is 2.80 bits per heavy atom. The van der Waals surface area contributed by atoms with Gasteiger partial charge < -0.3 is 9.64 Å². The lowest BCUT2D eigenvalue weighted by Crippen LogP contribution is -2.31. The van der Waals surface area contributed by atoms with Crippen LogP contribution in [0, 0.1) is 31.0 Å². The number of nitrogens with zero attached hydrogens (tertiary/aromatic N) is 3. The second-order valence-electron chi connectivity index (χ2n) is 6.95. The summed E-state index contributed by atoms with van der Waals surface area (Å²) in [6.07, 6.45) is 2.25. The van der Waals surface area contributed by atoms with Crippen molar-refractivity contribution in [2.24, 2.45) is 0 Å². The summed E-state index contributed by atoms with van der Waals surface area (Å²) in [5.74, 6) is -0.0243. The number of carbonyl (C=O) groups is 2. The Morgan fingerprint density at radius 2 is 2.10 bits per heavy atom. The highest BCUT2D eigenvalue weighted by Crippen LogP contribution is 2.15. The van der Waals surface area contributed by atoms with Gasteiger partial charge in [-0.3, -0.25) is 10.1 Å². The highest BCUT2D eigenvalue weighted by Gasteiger charge is 2.11. The van der Waals surface area contributed by atoms with Crippen LogP contribution in [0.15, 0.2) is 30.5 Å². The molecule has 1 aromatic heterocycles. The molecule has 1 heterocycles. The molecule has 158 valence electrons. The van der Waals surface area contributed by atoms with Crippen molar-refractivity contribution < 1.29 is 18.7 Å². The smallest absolute Gasteiger partial charge is 0.412 e. The summed E-state index contributed by atoms with van der Waals surface area (Å²) in [4.78, 5) is 29.5. The lowest BCUT2D eigenvalue weighted by Gasteiger charge is -2.17. The molecule has 2 rings (SSSR count). The number of benzene rings is 1. The first-order valence-corrected chi connectivity index (χ1v) is 9.60. The van der Waals surface area contributed by atoms with Crippen LogP contribution in [0.2, 0.25) is 0 Å². The zero-order valence-electron chi connectivity index (χ0n) is 17.4. The SMILES string of the molecule is Cc1cc(NC(=O)OCCN(C)C(=O)CCCc2cccc(F)c2C)ncc1C#N. The number of hydrogen-bond donors (Lipinski definition) is 1. The zero-order chi connectivity index (χ0) is 22.1. The molecule has 0 fully saturated rings. The molecule has 0 saturated carbocycles. The van der Waals surface area contributed by atoms with Gasteiger partial charge in [0.25, 0.3) is 0 Å². The number of aromatic nitrogens is 1. The zero-order valence-corrected chi connectivity index (χ0v) is 17.4. The topological polar surface area (TPSA) is 95.3 Å². The van der Waals surface area contributed by atoms with Gasteiger partial charge in [-0.1, -0.05) is 12.1 Å². The van der Waals surface area contributed by atoms with Crippen LogP contribution in [0.3, 0.4) is 0 Å². The molecule has 1 N–H and O–H groups in total. The lowest BCUT2D eigenvalue weighted by atomic mass is 10.0. The Bertz CT molecular complexity index is 956. The second-order valence-corrected chi connectivity index (χ2v) is 6.95. The summed E-state index contributed by atoms with van der Waals surface area (Å²) in [6, 6.07) is 8.54. The number of rotatable bonds is 8. The lowest BCUT2D eigenvalue weighted by molar-refractivity contribution is -0.130. The molecule has 0 spiro atoms. The summed E-state index contributed by atoms with van der Waals surface area (Å²) in [5.41, 5.74) is 2.64. The Morgan fingerprint density at radius 1 is 1.33 bits per heavy atom. The number of aryl methyl sites for hydroxylation is 2. The van der Waals surface area contributed by atoms with Gasteiger partial charge in [-0.2, -0.15) is 5.26 Å². The molecule has 0 bridgehead atoms. The van der Waals surface area contributed by atoms with Gasteiger partial charge in [-0.15, -0.1) is 0 Å². The third-order valence-electron chi connectivity index (χ3n) is 4.76. The van der Waals surface area contributed by atoms with Gasteiger partial charge in [0.05, 0.1) is 12.1 Å². The number of amides is 2. The molecule has 7 nitrogen and oxygen atoms in total. The van der Waals surface area contributed by atoms with E-state index in [1.54, 1.807) is 33.0 Å². The van der Waals surface area contributed by atoms with Gasteiger partial charge in [0, 0.05) is 19.7 Å². The molecule has 0 unspecified atom stereocenters. The summed E-state index contributed by atoms with van der Waals surface area (Å²) < 4.78 is 18.6. The van der Waals surface area contributed by atoms with Crippen molar-refractivity contribution in [3.05, 3.63) is 58.5 Å². The van der Waals surface area contributed by atoms with Crippen LogP contribution in [0.5, 0.6) is 0 Å². The Hall–Kier alpha value is -3.47. The minimum atomic E-state index is -0.686. The fourth-order valence-electron chi connectivity index (χ4n) is 2.83. The molecule has 8 heteroatoms. The number of hydrogen-bond acceptors (Lipinski definition) is 5. The largest absolute Gasteiger partial charge is 0.447 e. The highest BCUT2D eigenvalue weighted by atomic mass is 19.1. The molecule has 2 amide bonds. The van der Waals surface area contributed by atoms with Crippen molar-refractivity contribution in [1.29, 1.82) is 5.26 Å². The van der Waals surface area contributed by atoms with E-state index in [2.05, 4.69) is 10.3 Å². The molecule has 0 saturated heterocycles. The number of likely N-dealkylation sites (N-methyl/N-ethyl adjacent to an activating group) is 1. The number of ether oxygens (including phenoxy) is 1. The third-order valence-corrected chi connectivity index (χ3v) is 4.76. The van der Waals surface area contributed by atoms with Gasteiger partial charge in [0.2, 0.25) is 5.91 Å². The summed E-state index contributed by atoms with van der Waals surface area (Å²) in [7, 11) is 1.64. The first-order chi connectivity index (χ1) is 14.3. The average Bonchev–Trinajstić information content (AvgIpc) is 2.71. The van der Waals surface area contributed by atoms with Gasteiger partial charge in [0.15, 0.2) is 0 Å². The maximum absolute atomic E-state index is 13.6. The second kappa shape index (κ2) is 10.9. The van der Waals surface area contributed by atoms with E-state index >= 15 is 0 Å². The van der Waals surface area contributed by atoms with Crippen LogP contribution in [0.1, 0.15) is 35.1 Å². The summed E-state index contributed by atoms with van der Waals surface area (Å²) in [5, 5.41) is 11.4. The molecule has 30 heavy (non-hydrogen) atoms. The van der Waals surface area contributed by atoms with E-state index in [0.717, 1.165) is 5.56 Å². The molecule has 2 aromatic rings. The van der Waals surface area contributed by atoms with E-state index < -0.39 is 6.09 Å². The van der Waals surface area contributed by atoms with E-state index in [-0.39, 0.29) is 30.7 Å².